The van der Waals surface area contributed by atoms with Crippen LogP contribution < -0.4 is 17.1 Å². The van der Waals surface area contributed by atoms with Gasteiger partial charge in [0, 0.05) is 11.9 Å². The molecule has 0 bridgehead atoms. The molecule has 0 spiro atoms. The van der Waals surface area contributed by atoms with E-state index in [1.54, 1.807) is 29.7 Å². The lowest BCUT2D eigenvalue weighted by Gasteiger charge is -2.13. The third-order valence-corrected chi connectivity index (χ3v) is 3.24. The zero-order valence-electron chi connectivity index (χ0n) is 11.9. The summed E-state index contributed by atoms with van der Waals surface area (Å²) in [4.78, 5) is 16.5. The van der Waals surface area contributed by atoms with Crippen molar-refractivity contribution in [2.45, 2.75) is 20.4 Å². The van der Waals surface area contributed by atoms with Crippen LogP contribution in [-0.4, -0.2) is 21.3 Å². The van der Waals surface area contributed by atoms with E-state index in [2.05, 4.69) is 10.1 Å². The monoisotopic (exact) mass is 287 g/mol. The smallest absolute Gasteiger partial charge is 0.263 e. The Labute approximate surface area is 121 Å². The fourth-order valence-electron chi connectivity index (χ4n) is 2.29. The number of rotatable bonds is 2. The van der Waals surface area contributed by atoms with Crippen molar-refractivity contribution in [3.63, 3.8) is 0 Å². The molecule has 0 amide bonds. The molecule has 0 atom stereocenters. The van der Waals surface area contributed by atoms with Gasteiger partial charge in [0.05, 0.1) is 11.2 Å². The Morgan fingerprint density at radius 3 is 2.67 bits per heavy atom. The van der Waals surface area contributed by atoms with Crippen molar-refractivity contribution in [3.8, 4) is 5.75 Å². The summed E-state index contributed by atoms with van der Waals surface area (Å²) in [7, 11) is 0. The van der Waals surface area contributed by atoms with E-state index < -0.39 is 0 Å². The Morgan fingerprint density at radius 2 is 2.05 bits per heavy atom. The average molecular weight is 287 g/mol. The number of aromatic nitrogens is 1. The van der Waals surface area contributed by atoms with Crippen LogP contribution in [0.15, 0.2) is 39.2 Å². The van der Waals surface area contributed by atoms with E-state index in [9.17, 15) is 9.90 Å². The number of pyridine rings is 1. The SMILES string of the molecule is CCn1c(=O)c(C(C)=NC(N)=NN)c(O)c2ccccc21. The molecule has 110 valence electrons. The molecule has 21 heavy (non-hydrogen) atoms. The molecule has 0 fully saturated rings. The first-order chi connectivity index (χ1) is 10.0. The number of aromatic hydroxyl groups is 1. The number of hydrogen-bond donors (Lipinski definition) is 3. The molecule has 0 aliphatic rings. The highest BCUT2D eigenvalue weighted by Crippen LogP contribution is 2.26. The lowest BCUT2D eigenvalue weighted by Crippen LogP contribution is -2.27. The molecule has 1 heterocycles. The van der Waals surface area contributed by atoms with Crippen LogP contribution in [0.1, 0.15) is 19.4 Å². The summed E-state index contributed by atoms with van der Waals surface area (Å²) in [6.45, 7) is 3.90. The average Bonchev–Trinajstić information content (AvgIpc) is 2.47. The number of hydrogen-bond acceptors (Lipinski definition) is 4. The number of nitrogens with zero attached hydrogens (tertiary/aromatic N) is 3. The first-order valence-electron chi connectivity index (χ1n) is 6.44. The molecular formula is C14H17N5O2. The van der Waals surface area contributed by atoms with Gasteiger partial charge in [-0.15, -0.1) is 5.10 Å². The van der Waals surface area contributed by atoms with Gasteiger partial charge in [0.2, 0.25) is 5.96 Å². The van der Waals surface area contributed by atoms with Crippen molar-refractivity contribution in [1.29, 1.82) is 0 Å². The maximum absolute atomic E-state index is 12.6. The number of guanidine groups is 1. The van der Waals surface area contributed by atoms with Crippen molar-refractivity contribution in [1.82, 2.24) is 4.57 Å². The summed E-state index contributed by atoms with van der Waals surface area (Å²) in [6, 6.07) is 7.13. The minimum absolute atomic E-state index is 0.0992. The van der Waals surface area contributed by atoms with E-state index in [1.165, 1.54) is 0 Å². The standard InChI is InChI=1S/C14H17N5O2/c1-3-19-10-7-5-4-6-9(10)12(20)11(13(19)21)8(2)17-14(15)18-16/h4-7,20H,3,16H2,1-2H3,(H2,15,18). The minimum Gasteiger partial charge on any atom is -0.506 e. The highest BCUT2D eigenvalue weighted by molar-refractivity contribution is 6.09. The molecule has 5 N–H and O–H groups in total. The summed E-state index contributed by atoms with van der Waals surface area (Å²) >= 11 is 0. The van der Waals surface area contributed by atoms with Crippen molar-refractivity contribution in [2.75, 3.05) is 0 Å². The van der Waals surface area contributed by atoms with Gasteiger partial charge < -0.3 is 21.2 Å². The predicted molar refractivity (Wildman–Crippen MR) is 83.6 cm³/mol. The van der Waals surface area contributed by atoms with Gasteiger partial charge in [-0.05, 0) is 26.0 Å². The number of hydrazone groups is 1. The predicted octanol–water partition coefficient (Wildman–Crippen LogP) is 0.724. The number of nitrogens with two attached hydrogens (primary N) is 2. The van der Waals surface area contributed by atoms with Crippen LogP contribution >= 0.6 is 0 Å². The van der Waals surface area contributed by atoms with Gasteiger partial charge >= 0.3 is 0 Å². The molecule has 1 aromatic carbocycles. The zero-order valence-corrected chi connectivity index (χ0v) is 11.9. The van der Waals surface area contributed by atoms with Crippen LogP contribution in [0.2, 0.25) is 0 Å². The van der Waals surface area contributed by atoms with Crippen molar-refractivity contribution in [3.05, 3.63) is 40.2 Å². The molecular weight excluding hydrogens is 270 g/mol. The Morgan fingerprint density at radius 1 is 1.38 bits per heavy atom. The molecule has 0 saturated heterocycles. The topological polar surface area (TPSA) is 119 Å². The van der Waals surface area contributed by atoms with Gasteiger partial charge in [-0.1, -0.05) is 12.1 Å². The first-order valence-corrected chi connectivity index (χ1v) is 6.44. The largest absolute Gasteiger partial charge is 0.506 e. The Hall–Kier alpha value is -2.83. The highest BCUT2D eigenvalue weighted by Gasteiger charge is 2.17. The van der Waals surface area contributed by atoms with Gasteiger partial charge in [-0.25, -0.2) is 4.99 Å². The van der Waals surface area contributed by atoms with Crippen molar-refractivity contribution in [2.24, 2.45) is 21.7 Å². The zero-order chi connectivity index (χ0) is 15.6. The van der Waals surface area contributed by atoms with Crippen LogP contribution in [0.5, 0.6) is 5.75 Å². The minimum atomic E-state index is -0.334. The molecule has 7 nitrogen and oxygen atoms in total. The second-order valence-corrected chi connectivity index (χ2v) is 4.47. The fourth-order valence-corrected chi connectivity index (χ4v) is 2.29. The van der Waals surface area contributed by atoms with Crippen molar-refractivity contribution >= 4 is 22.6 Å². The number of fused-ring (bicyclic) bond motifs is 1. The third-order valence-electron chi connectivity index (χ3n) is 3.24. The van der Waals surface area contributed by atoms with E-state index >= 15 is 0 Å². The van der Waals surface area contributed by atoms with Crippen LogP contribution in [-0.2, 0) is 6.54 Å². The Balaban J connectivity index is 2.88. The van der Waals surface area contributed by atoms with Crippen molar-refractivity contribution < 1.29 is 5.11 Å². The summed E-state index contributed by atoms with van der Waals surface area (Å²) in [5.74, 6) is 4.75. The van der Waals surface area contributed by atoms with Crippen LogP contribution in [0.3, 0.4) is 0 Å². The number of para-hydroxylation sites is 1. The molecule has 0 unspecified atom stereocenters. The van der Waals surface area contributed by atoms with E-state index in [4.69, 9.17) is 11.6 Å². The van der Waals surface area contributed by atoms with Gasteiger partial charge in [0.15, 0.2) is 0 Å². The normalized spacial score (nSPS) is 12.9. The summed E-state index contributed by atoms with van der Waals surface area (Å²) in [5.41, 5.74) is 6.13. The number of benzene rings is 1. The molecule has 1 aromatic heterocycles. The summed E-state index contributed by atoms with van der Waals surface area (Å²) in [5, 5.41) is 14.2. The van der Waals surface area contributed by atoms with Crippen LogP contribution in [0, 0.1) is 0 Å². The fraction of sp³-hybridized carbons (Fsp3) is 0.214. The Bertz CT molecular complexity index is 805. The molecule has 0 aliphatic heterocycles. The highest BCUT2D eigenvalue weighted by atomic mass is 16.3. The molecule has 7 heteroatoms. The third kappa shape index (κ3) is 2.45. The molecule has 2 aromatic rings. The molecule has 0 saturated carbocycles. The van der Waals surface area contributed by atoms with E-state index in [0.29, 0.717) is 17.4 Å². The van der Waals surface area contributed by atoms with E-state index in [1.807, 2.05) is 13.0 Å². The van der Waals surface area contributed by atoms with E-state index in [0.717, 1.165) is 0 Å². The van der Waals surface area contributed by atoms with Gasteiger partial charge in [0.1, 0.15) is 11.3 Å². The van der Waals surface area contributed by atoms with Crippen LogP contribution in [0.4, 0.5) is 0 Å². The number of aryl methyl sites for hydroxylation is 1. The molecule has 0 aliphatic carbocycles. The number of aliphatic imine (C=N–C) groups is 1. The summed E-state index contributed by atoms with van der Waals surface area (Å²) in [6.07, 6.45) is 0. The first kappa shape index (κ1) is 14.6. The quantitative estimate of drug-likeness (QED) is 0.326. The Kier molecular flexibility index (Phi) is 3.93. The second kappa shape index (κ2) is 5.66. The van der Waals surface area contributed by atoms with E-state index in [-0.39, 0.29) is 28.5 Å². The summed E-state index contributed by atoms with van der Waals surface area (Å²) < 4.78 is 1.57. The molecule has 2 rings (SSSR count). The lowest BCUT2D eigenvalue weighted by atomic mass is 10.1. The maximum Gasteiger partial charge on any atom is 0.263 e. The maximum atomic E-state index is 12.6. The van der Waals surface area contributed by atoms with Gasteiger partial charge in [-0.3, -0.25) is 4.79 Å². The van der Waals surface area contributed by atoms with Gasteiger partial charge in [0.25, 0.3) is 5.56 Å². The van der Waals surface area contributed by atoms with Crippen LogP contribution in [0.25, 0.3) is 10.9 Å². The lowest BCUT2D eigenvalue weighted by molar-refractivity contribution is 0.477. The second-order valence-electron chi connectivity index (χ2n) is 4.47. The van der Waals surface area contributed by atoms with Gasteiger partial charge in [-0.2, -0.15) is 0 Å². The molecule has 0 radical (unpaired) electrons.